The molecule has 0 aliphatic carbocycles. The first-order valence-corrected chi connectivity index (χ1v) is 11.3. The standard InChI is InChI=1S/C22H42N2O4.Na.H/c1-2-3-4-5-6-7-8-9-10-11-12-13-14-15-16-17-21(26)24-19(22(27)28)18-20(23)25;;/h19H,2-18H2,1H3,(H2,23,25)(H,24,26)(H,27,28);;/q;+1;-1/t19-;;/m0../s1. The largest absolute Gasteiger partial charge is 1.00 e. The Balaban J connectivity index is -0.00000364. The third-order valence-corrected chi connectivity index (χ3v) is 5.05. The van der Waals surface area contributed by atoms with Gasteiger partial charge in [0.2, 0.25) is 11.8 Å². The summed E-state index contributed by atoms with van der Waals surface area (Å²) >= 11 is 0. The molecule has 0 aliphatic rings. The number of aliphatic carboxylic acids is 1. The van der Waals surface area contributed by atoms with Crippen molar-refractivity contribution >= 4 is 17.8 Å². The van der Waals surface area contributed by atoms with E-state index in [1.54, 1.807) is 0 Å². The summed E-state index contributed by atoms with van der Waals surface area (Å²) in [4.78, 5) is 33.5. The second-order valence-electron chi connectivity index (χ2n) is 7.83. The maximum Gasteiger partial charge on any atom is 1.00 e. The Morgan fingerprint density at radius 1 is 0.793 bits per heavy atom. The van der Waals surface area contributed by atoms with E-state index in [0.29, 0.717) is 6.42 Å². The fraction of sp³-hybridized carbons (Fsp3) is 0.864. The minimum absolute atomic E-state index is 0. The Kier molecular flexibility index (Phi) is 23.3. The van der Waals surface area contributed by atoms with Gasteiger partial charge >= 0.3 is 35.5 Å². The number of nitrogens with two attached hydrogens (primary N) is 1. The van der Waals surface area contributed by atoms with Crippen LogP contribution in [0.4, 0.5) is 0 Å². The van der Waals surface area contributed by atoms with Crippen molar-refractivity contribution in [3.8, 4) is 0 Å². The van der Waals surface area contributed by atoms with Gasteiger partial charge in [0.1, 0.15) is 6.04 Å². The predicted octanol–water partition coefficient (Wildman–Crippen LogP) is 1.81. The van der Waals surface area contributed by atoms with Crippen molar-refractivity contribution in [2.45, 2.75) is 122 Å². The van der Waals surface area contributed by atoms with Gasteiger partial charge in [0, 0.05) is 6.42 Å². The van der Waals surface area contributed by atoms with Crippen LogP contribution in [-0.4, -0.2) is 28.9 Å². The normalized spacial score (nSPS) is 11.5. The zero-order valence-electron chi connectivity index (χ0n) is 19.8. The third-order valence-electron chi connectivity index (χ3n) is 5.05. The van der Waals surface area contributed by atoms with E-state index in [9.17, 15) is 14.4 Å². The van der Waals surface area contributed by atoms with Crippen LogP contribution < -0.4 is 40.6 Å². The Hall–Kier alpha value is -0.590. The molecule has 0 aromatic heterocycles. The second-order valence-corrected chi connectivity index (χ2v) is 7.83. The van der Waals surface area contributed by atoms with Crippen molar-refractivity contribution in [3.05, 3.63) is 0 Å². The molecule has 0 unspecified atom stereocenters. The van der Waals surface area contributed by atoms with Gasteiger partial charge in [-0.1, -0.05) is 96.8 Å². The molecule has 0 saturated heterocycles. The molecular formula is C22H43N2NaO4. The molecule has 29 heavy (non-hydrogen) atoms. The van der Waals surface area contributed by atoms with Crippen molar-refractivity contribution in [3.63, 3.8) is 0 Å². The number of carboxylic acids is 1. The van der Waals surface area contributed by atoms with Crippen LogP contribution >= 0.6 is 0 Å². The molecule has 0 radical (unpaired) electrons. The minimum Gasteiger partial charge on any atom is -1.00 e. The third kappa shape index (κ3) is 21.9. The van der Waals surface area contributed by atoms with Crippen molar-refractivity contribution in [1.82, 2.24) is 5.32 Å². The van der Waals surface area contributed by atoms with Crippen molar-refractivity contribution in [2.24, 2.45) is 5.73 Å². The Bertz CT molecular complexity index is 439. The van der Waals surface area contributed by atoms with Crippen molar-refractivity contribution < 1.29 is 50.5 Å². The van der Waals surface area contributed by atoms with E-state index in [1.807, 2.05) is 0 Å². The smallest absolute Gasteiger partial charge is 1.00 e. The van der Waals surface area contributed by atoms with Gasteiger partial charge in [0.15, 0.2) is 0 Å². The Morgan fingerprint density at radius 3 is 1.52 bits per heavy atom. The quantitative estimate of drug-likeness (QED) is 0.205. The maximum atomic E-state index is 11.7. The van der Waals surface area contributed by atoms with E-state index in [4.69, 9.17) is 10.8 Å². The fourth-order valence-electron chi connectivity index (χ4n) is 3.32. The molecule has 0 fully saturated rings. The summed E-state index contributed by atoms with van der Waals surface area (Å²) < 4.78 is 0. The molecular weight excluding hydrogens is 379 g/mol. The molecule has 0 aromatic carbocycles. The van der Waals surface area contributed by atoms with Crippen LogP contribution in [0.3, 0.4) is 0 Å². The predicted molar refractivity (Wildman–Crippen MR) is 114 cm³/mol. The van der Waals surface area contributed by atoms with Gasteiger partial charge in [0.25, 0.3) is 0 Å². The topological polar surface area (TPSA) is 109 Å². The summed E-state index contributed by atoms with van der Waals surface area (Å²) in [6.07, 6.45) is 18.8. The second kappa shape index (κ2) is 22.1. The molecule has 0 saturated carbocycles. The van der Waals surface area contributed by atoms with E-state index in [-0.39, 0.29) is 43.3 Å². The van der Waals surface area contributed by atoms with Crippen LogP contribution in [-0.2, 0) is 14.4 Å². The van der Waals surface area contributed by atoms with E-state index < -0.39 is 17.9 Å². The summed E-state index contributed by atoms with van der Waals surface area (Å²) in [6.45, 7) is 2.25. The first-order chi connectivity index (χ1) is 13.5. The first-order valence-electron chi connectivity index (χ1n) is 11.3. The van der Waals surface area contributed by atoms with Crippen LogP contribution in [0.15, 0.2) is 0 Å². The number of rotatable bonds is 20. The fourth-order valence-corrected chi connectivity index (χ4v) is 3.32. The van der Waals surface area contributed by atoms with Crippen molar-refractivity contribution in [1.29, 1.82) is 0 Å². The number of unbranched alkanes of at least 4 members (excludes halogenated alkanes) is 14. The average Bonchev–Trinajstić information content (AvgIpc) is 2.64. The zero-order valence-corrected chi connectivity index (χ0v) is 20.8. The van der Waals surface area contributed by atoms with Gasteiger partial charge < -0.3 is 17.6 Å². The molecule has 6 nitrogen and oxygen atoms in total. The van der Waals surface area contributed by atoms with Gasteiger partial charge in [0.05, 0.1) is 6.42 Å². The van der Waals surface area contributed by atoms with Gasteiger partial charge in [-0.25, -0.2) is 4.79 Å². The molecule has 0 aliphatic heterocycles. The SMILES string of the molecule is CCCCCCCCCCCCCCCCCC(=O)N[C@@H](CC(N)=O)C(=O)O.[H-].[Na+]. The number of hydrogen-bond donors (Lipinski definition) is 3. The number of carboxylic acid groups (broad SMARTS) is 1. The first kappa shape index (κ1) is 30.6. The number of nitrogens with one attached hydrogen (secondary N) is 1. The molecule has 0 aromatic rings. The number of carbonyl (C=O) groups excluding carboxylic acids is 2. The molecule has 2 amide bonds. The zero-order chi connectivity index (χ0) is 21.0. The summed E-state index contributed by atoms with van der Waals surface area (Å²) in [5.74, 6) is -2.30. The monoisotopic (exact) mass is 422 g/mol. The Labute approximate surface area is 200 Å². The van der Waals surface area contributed by atoms with E-state index in [0.717, 1.165) is 19.3 Å². The molecule has 166 valence electrons. The van der Waals surface area contributed by atoms with E-state index >= 15 is 0 Å². The number of carbonyl (C=O) groups is 3. The molecule has 1 atom stereocenters. The molecule has 7 heteroatoms. The summed E-state index contributed by atoms with van der Waals surface area (Å²) in [7, 11) is 0. The van der Waals surface area contributed by atoms with E-state index in [2.05, 4.69) is 12.2 Å². The van der Waals surface area contributed by atoms with Gasteiger partial charge in [-0.05, 0) is 6.42 Å². The van der Waals surface area contributed by atoms with Crippen LogP contribution in [0, 0.1) is 0 Å². The maximum absolute atomic E-state index is 11.7. The molecule has 0 bridgehead atoms. The van der Waals surface area contributed by atoms with Crippen molar-refractivity contribution in [2.75, 3.05) is 0 Å². The van der Waals surface area contributed by atoms with Gasteiger partial charge in [-0.15, -0.1) is 0 Å². The molecule has 0 heterocycles. The summed E-state index contributed by atoms with van der Waals surface area (Å²) in [6, 6.07) is -1.22. The van der Waals surface area contributed by atoms with Gasteiger partial charge in [-0.3, -0.25) is 9.59 Å². The van der Waals surface area contributed by atoms with Crippen LogP contribution in [0.25, 0.3) is 0 Å². The molecule has 4 N–H and O–H groups in total. The summed E-state index contributed by atoms with van der Waals surface area (Å²) in [5.41, 5.74) is 4.99. The molecule has 0 spiro atoms. The number of primary amides is 1. The van der Waals surface area contributed by atoms with E-state index in [1.165, 1.54) is 77.0 Å². The number of amides is 2. The van der Waals surface area contributed by atoms with Crippen LogP contribution in [0.5, 0.6) is 0 Å². The minimum atomic E-state index is -1.23. The average molecular weight is 423 g/mol. The van der Waals surface area contributed by atoms with Crippen LogP contribution in [0.2, 0.25) is 0 Å². The van der Waals surface area contributed by atoms with Gasteiger partial charge in [-0.2, -0.15) is 0 Å². The Morgan fingerprint density at radius 2 is 1.17 bits per heavy atom. The number of hydrogen-bond acceptors (Lipinski definition) is 3. The molecule has 0 rings (SSSR count). The summed E-state index contributed by atoms with van der Waals surface area (Å²) in [5, 5.41) is 11.3. The van der Waals surface area contributed by atoms with Crippen LogP contribution in [0.1, 0.15) is 118 Å².